The number of hydrogen-bond acceptors (Lipinski definition) is 7. The normalized spacial score (nSPS) is 11.0. The standard InChI is InChI=1S/C22H21N5O3S/c1-3-27-22(24-25-26-27)31-12-14-8-9-18(13(2)10-14)30-19-11-17(21(23)29)20(28)16-7-5-4-6-15(16)19/h4-11,28H,3,12H2,1-2H3,(H2,23,29). The summed E-state index contributed by atoms with van der Waals surface area (Å²) < 4.78 is 7.90. The minimum Gasteiger partial charge on any atom is -0.506 e. The fourth-order valence-electron chi connectivity index (χ4n) is 3.28. The summed E-state index contributed by atoms with van der Waals surface area (Å²) in [7, 11) is 0. The maximum absolute atomic E-state index is 11.8. The third-order valence-corrected chi connectivity index (χ3v) is 5.90. The Hall–Kier alpha value is -3.59. The molecule has 1 heterocycles. The molecule has 0 bridgehead atoms. The summed E-state index contributed by atoms with van der Waals surface area (Å²) in [5, 5.41) is 24.1. The molecule has 0 aliphatic heterocycles. The fraction of sp³-hybridized carbons (Fsp3) is 0.182. The Morgan fingerprint density at radius 1 is 1.16 bits per heavy atom. The Morgan fingerprint density at radius 2 is 1.94 bits per heavy atom. The van der Waals surface area contributed by atoms with Gasteiger partial charge in [0.2, 0.25) is 5.16 Å². The van der Waals surface area contributed by atoms with Crippen LogP contribution in [-0.2, 0) is 12.3 Å². The van der Waals surface area contributed by atoms with Crippen molar-refractivity contribution in [1.82, 2.24) is 20.2 Å². The number of tetrazole rings is 1. The number of nitrogens with zero attached hydrogens (tertiary/aromatic N) is 4. The highest BCUT2D eigenvalue weighted by atomic mass is 32.2. The molecular weight excluding hydrogens is 414 g/mol. The van der Waals surface area contributed by atoms with Crippen LogP contribution >= 0.6 is 11.8 Å². The van der Waals surface area contributed by atoms with Gasteiger partial charge in [-0.3, -0.25) is 4.79 Å². The molecule has 0 aliphatic rings. The number of amides is 1. The molecule has 0 saturated carbocycles. The van der Waals surface area contributed by atoms with Crippen LogP contribution in [0.5, 0.6) is 17.2 Å². The van der Waals surface area contributed by atoms with Crippen LogP contribution in [0, 0.1) is 6.92 Å². The summed E-state index contributed by atoms with van der Waals surface area (Å²) >= 11 is 1.57. The van der Waals surface area contributed by atoms with Gasteiger partial charge in [0.25, 0.3) is 5.91 Å². The third kappa shape index (κ3) is 4.17. The second kappa shape index (κ2) is 8.65. The highest BCUT2D eigenvalue weighted by molar-refractivity contribution is 7.98. The van der Waals surface area contributed by atoms with Crippen molar-refractivity contribution < 1.29 is 14.6 Å². The quantitative estimate of drug-likeness (QED) is 0.421. The monoisotopic (exact) mass is 435 g/mol. The minimum atomic E-state index is -0.716. The Bertz CT molecular complexity index is 1270. The number of primary amides is 1. The highest BCUT2D eigenvalue weighted by Crippen LogP contribution is 2.38. The van der Waals surface area contributed by atoms with Gasteiger partial charge in [0.15, 0.2) is 0 Å². The maximum Gasteiger partial charge on any atom is 0.252 e. The van der Waals surface area contributed by atoms with E-state index in [0.717, 1.165) is 28.6 Å². The van der Waals surface area contributed by atoms with Crippen molar-refractivity contribution in [2.45, 2.75) is 31.3 Å². The molecule has 8 nitrogen and oxygen atoms in total. The van der Waals surface area contributed by atoms with Crippen molar-refractivity contribution in [3.63, 3.8) is 0 Å². The molecule has 0 aliphatic carbocycles. The lowest BCUT2D eigenvalue weighted by Gasteiger charge is -2.14. The number of aromatic hydroxyl groups is 1. The smallest absolute Gasteiger partial charge is 0.252 e. The SMILES string of the molecule is CCn1nnnc1SCc1ccc(Oc2cc(C(N)=O)c(O)c3ccccc23)c(C)c1. The van der Waals surface area contributed by atoms with Gasteiger partial charge >= 0.3 is 0 Å². The van der Waals surface area contributed by atoms with Crippen LogP contribution in [-0.4, -0.2) is 31.2 Å². The van der Waals surface area contributed by atoms with Gasteiger partial charge in [-0.2, -0.15) is 0 Å². The van der Waals surface area contributed by atoms with Crippen molar-refractivity contribution in [2.24, 2.45) is 5.73 Å². The van der Waals surface area contributed by atoms with Crippen LogP contribution in [0.2, 0.25) is 0 Å². The summed E-state index contributed by atoms with van der Waals surface area (Å²) in [6, 6.07) is 14.6. The molecule has 4 rings (SSSR count). The first-order valence-corrected chi connectivity index (χ1v) is 10.7. The Balaban J connectivity index is 1.61. The largest absolute Gasteiger partial charge is 0.506 e. The van der Waals surface area contributed by atoms with Crippen molar-refractivity contribution in [1.29, 1.82) is 0 Å². The number of fused-ring (bicyclic) bond motifs is 1. The first-order chi connectivity index (χ1) is 15.0. The molecule has 3 N–H and O–H groups in total. The van der Waals surface area contributed by atoms with Crippen LogP contribution in [0.3, 0.4) is 0 Å². The van der Waals surface area contributed by atoms with Gasteiger partial charge in [0.1, 0.15) is 17.2 Å². The predicted octanol–water partition coefficient (Wildman–Crippen LogP) is 4.04. The number of ether oxygens (including phenoxy) is 1. The zero-order valence-corrected chi connectivity index (χ0v) is 17.9. The molecule has 0 atom stereocenters. The summed E-state index contributed by atoms with van der Waals surface area (Å²) in [6.07, 6.45) is 0. The van der Waals surface area contributed by atoms with Gasteiger partial charge in [0.05, 0.1) is 5.56 Å². The second-order valence-corrected chi connectivity index (χ2v) is 7.89. The molecule has 9 heteroatoms. The van der Waals surface area contributed by atoms with Crippen molar-refractivity contribution in [2.75, 3.05) is 0 Å². The number of benzene rings is 3. The summed E-state index contributed by atoms with van der Waals surface area (Å²) in [5.41, 5.74) is 7.50. The Labute approximate surface area is 183 Å². The number of phenols is 1. The number of thioether (sulfide) groups is 1. The molecule has 0 saturated heterocycles. The maximum atomic E-state index is 11.8. The average molecular weight is 436 g/mol. The molecular formula is C22H21N5O3S. The summed E-state index contributed by atoms with van der Waals surface area (Å²) in [4.78, 5) is 11.8. The van der Waals surface area contributed by atoms with E-state index in [4.69, 9.17) is 10.5 Å². The molecule has 158 valence electrons. The first kappa shape index (κ1) is 20.7. The van der Waals surface area contributed by atoms with E-state index in [1.807, 2.05) is 44.2 Å². The lowest BCUT2D eigenvalue weighted by Crippen LogP contribution is -2.11. The van der Waals surface area contributed by atoms with Crippen LogP contribution in [0.15, 0.2) is 53.7 Å². The van der Waals surface area contributed by atoms with Crippen LogP contribution < -0.4 is 10.5 Å². The van der Waals surface area contributed by atoms with Gasteiger partial charge in [0, 0.05) is 23.1 Å². The number of carbonyl (C=O) groups excluding carboxylic acids is 1. The molecule has 1 amide bonds. The van der Waals surface area contributed by atoms with E-state index in [2.05, 4.69) is 15.5 Å². The number of carbonyl (C=O) groups is 1. The van der Waals surface area contributed by atoms with E-state index in [0.29, 0.717) is 22.3 Å². The van der Waals surface area contributed by atoms with Gasteiger partial charge < -0.3 is 15.6 Å². The first-order valence-electron chi connectivity index (χ1n) is 9.68. The fourth-order valence-corrected chi connectivity index (χ4v) is 4.16. The van der Waals surface area contributed by atoms with Gasteiger partial charge in [-0.15, -0.1) is 5.10 Å². The topological polar surface area (TPSA) is 116 Å². The third-order valence-electron chi connectivity index (χ3n) is 4.87. The zero-order valence-electron chi connectivity index (χ0n) is 17.1. The van der Waals surface area contributed by atoms with Crippen molar-refractivity contribution in [3.05, 3.63) is 65.2 Å². The van der Waals surface area contributed by atoms with Crippen LogP contribution in [0.4, 0.5) is 0 Å². The molecule has 31 heavy (non-hydrogen) atoms. The van der Waals surface area contributed by atoms with Gasteiger partial charge in [-0.05, 0) is 47.5 Å². The van der Waals surface area contributed by atoms with E-state index < -0.39 is 5.91 Å². The van der Waals surface area contributed by atoms with E-state index in [-0.39, 0.29) is 11.3 Å². The predicted molar refractivity (Wildman–Crippen MR) is 118 cm³/mol. The second-order valence-electron chi connectivity index (χ2n) is 6.95. The van der Waals surface area contributed by atoms with Crippen LogP contribution in [0.1, 0.15) is 28.4 Å². The molecule has 0 radical (unpaired) electrons. The number of aromatic nitrogens is 4. The summed E-state index contributed by atoms with van der Waals surface area (Å²) in [5.74, 6) is 0.962. The van der Waals surface area contributed by atoms with Gasteiger partial charge in [-0.25, -0.2) is 4.68 Å². The number of rotatable bonds is 7. The zero-order chi connectivity index (χ0) is 22.0. The minimum absolute atomic E-state index is 0.0213. The van der Waals surface area contributed by atoms with Crippen LogP contribution in [0.25, 0.3) is 10.8 Å². The van der Waals surface area contributed by atoms with E-state index in [1.54, 1.807) is 28.6 Å². The molecule has 0 unspecified atom stereocenters. The van der Waals surface area contributed by atoms with Crippen molar-refractivity contribution in [3.8, 4) is 17.2 Å². The number of nitrogens with two attached hydrogens (primary N) is 1. The Kier molecular flexibility index (Phi) is 5.77. The lowest BCUT2D eigenvalue weighted by molar-refractivity contribution is 0.0997. The van der Waals surface area contributed by atoms with E-state index in [1.165, 1.54) is 6.07 Å². The molecule has 1 aromatic heterocycles. The van der Waals surface area contributed by atoms with E-state index in [9.17, 15) is 9.90 Å². The molecule has 0 spiro atoms. The van der Waals surface area contributed by atoms with Crippen molar-refractivity contribution >= 4 is 28.4 Å². The Morgan fingerprint density at radius 3 is 2.65 bits per heavy atom. The number of hydrogen-bond donors (Lipinski definition) is 2. The van der Waals surface area contributed by atoms with Gasteiger partial charge in [-0.1, -0.05) is 48.2 Å². The average Bonchev–Trinajstić information content (AvgIpc) is 3.23. The lowest BCUT2D eigenvalue weighted by atomic mass is 10.0. The molecule has 4 aromatic rings. The molecule has 3 aromatic carbocycles. The molecule has 0 fully saturated rings. The number of aryl methyl sites for hydroxylation is 2. The van der Waals surface area contributed by atoms with E-state index >= 15 is 0 Å². The highest BCUT2D eigenvalue weighted by Gasteiger charge is 2.17. The summed E-state index contributed by atoms with van der Waals surface area (Å²) in [6.45, 7) is 4.67.